The Kier molecular flexibility index (Phi) is 7.26. The van der Waals surface area contributed by atoms with E-state index in [1.807, 2.05) is 18.2 Å². The van der Waals surface area contributed by atoms with Crippen molar-refractivity contribution in [2.45, 2.75) is 52.0 Å². The molecule has 0 saturated carbocycles. The Balaban J connectivity index is 1.34. The largest absolute Gasteiger partial charge is 0.443 e. The molecule has 4 aromatic rings. The van der Waals surface area contributed by atoms with Gasteiger partial charge in [0.05, 0.1) is 54.3 Å². The maximum Gasteiger partial charge on any atom is 0.417 e. The number of anilines is 3. The SMILES string of the molecule is C[C@@H](O)C1CN(c2ccc(Nc3ccc(-c4cnc5cc(F)ccn45)c4c3C(=O)N(C(=O)OC(C)(C)C)C4)nc2)CCO1. The fourth-order valence-corrected chi connectivity index (χ4v) is 5.37. The maximum atomic E-state index is 13.8. The minimum absolute atomic E-state index is 0.00376. The zero-order valence-corrected chi connectivity index (χ0v) is 24.4. The molecule has 1 unspecified atom stereocenters. The molecule has 1 fully saturated rings. The first kappa shape index (κ1) is 28.6. The van der Waals surface area contributed by atoms with Crippen molar-refractivity contribution in [2.24, 2.45) is 0 Å². The quantitative estimate of drug-likeness (QED) is 0.340. The van der Waals surface area contributed by atoms with Crippen molar-refractivity contribution < 1.29 is 28.6 Å². The molecule has 1 aromatic carbocycles. The van der Waals surface area contributed by atoms with E-state index in [1.165, 1.54) is 12.1 Å². The van der Waals surface area contributed by atoms with E-state index in [1.54, 1.807) is 56.8 Å². The van der Waals surface area contributed by atoms with E-state index < -0.39 is 29.5 Å². The number of pyridine rings is 2. The van der Waals surface area contributed by atoms with Crippen LogP contribution in [-0.4, -0.2) is 73.9 Å². The first-order valence-corrected chi connectivity index (χ1v) is 14.1. The molecule has 0 radical (unpaired) electrons. The number of halogens is 1. The maximum absolute atomic E-state index is 13.8. The van der Waals surface area contributed by atoms with Crippen LogP contribution in [0.1, 0.15) is 43.6 Å². The van der Waals surface area contributed by atoms with Gasteiger partial charge in [-0.15, -0.1) is 0 Å². The average molecular weight is 589 g/mol. The highest BCUT2D eigenvalue weighted by atomic mass is 19.1. The Morgan fingerprint density at radius 1 is 1.19 bits per heavy atom. The molecule has 2 amide bonds. The number of rotatable bonds is 5. The Labute approximate surface area is 247 Å². The van der Waals surface area contributed by atoms with E-state index in [0.29, 0.717) is 59.2 Å². The van der Waals surface area contributed by atoms with E-state index in [4.69, 9.17) is 9.47 Å². The van der Waals surface area contributed by atoms with Gasteiger partial charge in [-0.3, -0.25) is 9.20 Å². The molecule has 0 spiro atoms. The number of hydrogen-bond donors (Lipinski definition) is 2. The summed E-state index contributed by atoms with van der Waals surface area (Å²) in [4.78, 5) is 38.9. The number of carbonyl (C=O) groups is 2. The fraction of sp³-hybridized carbons (Fsp3) is 0.355. The zero-order valence-electron chi connectivity index (χ0n) is 24.4. The van der Waals surface area contributed by atoms with Gasteiger partial charge >= 0.3 is 6.09 Å². The topological polar surface area (TPSA) is 122 Å². The first-order chi connectivity index (χ1) is 20.5. The third-order valence-electron chi connectivity index (χ3n) is 7.46. The summed E-state index contributed by atoms with van der Waals surface area (Å²) >= 11 is 0. The third kappa shape index (κ3) is 5.63. The number of morpholine rings is 1. The normalized spacial score (nSPS) is 17.7. The highest BCUT2D eigenvalue weighted by molar-refractivity contribution is 6.11. The van der Waals surface area contributed by atoms with Crippen LogP contribution in [0.3, 0.4) is 0 Å². The molecule has 2 N–H and O–H groups in total. The molecule has 3 aromatic heterocycles. The van der Waals surface area contributed by atoms with E-state index in [-0.39, 0.29) is 12.6 Å². The summed E-state index contributed by atoms with van der Waals surface area (Å²) in [6.45, 7) is 8.66. The number of nitrogens with zero attached hydrogens (tertiary/aromatic N) is 5. The molecule has 2 aliphatic heterocycles. The summed E-state index contributed by atoms with van der Waals surface area (Å²) in [5.74, 6) is -0.397. The molecule has 2 aliphatic rings. The predicted octanol–water partition coefficient (Wildman–Crippen LogP) is 4.76. The van der Waals surface area contributed by atoms with Crippen LogP contribution in [0.25, 0.3) is 16.9 Å². The Morgan fingerprint density at radius 3 is 2.72 bits per heavy atom. The number of aliphatic hydroxyl groups excluding tert-OH is 1. The summed E-state index contributed by atoms with van der Waals surface area (Å²) in [6.07, 6.45) is 3.33. The second-order valence-electron chi connectivity index (χ2n) is 11.7. The van der Waals surface area contributed by atoms with Crippen LogP contribution in [0.5, 0.6) is 0 Å². The number of amides is 2. The standard InChI is InChI=1S/C31H33FN6O5/c1-18(39)25-17-36(11-12-42-25)20-5-8-26(33-14-20)35-23-7-6-21(24-15-34-27-13-19(32)9-10-37(24)27)22-16-38(29(40)28(22)23)30(41)43-31(2,3)4/h5-10,13-15,18,25,39H,11-12,16-17H2,1-4H3,(H,33,35)/t18-,25?/m1/s1. The second-order valence-corrected chi connectivity index (χ2v) is 11.7. The first-order valence-electron chi connectivity index (χ1n) is 14.1. The van der Waals surface area contributed by atoms with Gasteiger partial charge in [0.2, 0.25) is 0 Å². The lowest BCUT2D eigenvalue weighted by molar-refractivity contribution is -0.0364. The average Bonchev–Trinajstić information content (AvgIpc) is 3.54. The monoisotopic (exact) mass is 588 g/mol. The number of benzene rings is 1. The van der Waals surface area contributed by atoms with Crippen molar-refractivity contribution in [2.75, 3.05) is 29.9 Å². The smallest absolute Gasteiger partial charge is 0.417 e. The number of carbonyl (C=O) groups excluding carboxylic acids is 2. The molecule has 224 valence electrons. The summed E-state index contributed by atoms with van der Waals surface area (Å²) in [5.41, 5.74) is 3.27. The van der Waals surface area contributed by atoms with Crippen LogP contribution in [0.15, 0.2) is 55.0 Å². The summed E-state index contributed by atoms with van der Waals surface area (Å²) in [6, 6.07) is 10.0. The highest BCUT2D eigenvalue weighted by Gasteiger charge is 2.39. The van der Waals surface area contributed by atoms with E-state index >= 15 is 0 Å². The zero-order chi connectivity index (χ0) is 30.5. The number of aliphatic hydroxyl groups is 1. The molecule has 6 rings (SSSR count). The predicted molar refractivity (Wildman–Crippen MR) is 158 cm³/mol. The van der Waals surface area contributed by atoms with Crippen LogP contribution in [-0.2, 0) is 16.0 Å². The lowest BCUT2D eigenvalue weighted by Gasteiger charge is -2.35. The van der Waals surface area contributed by atoms with Crippen LogP contribution in [0.2, 0.25) is 0 Å². The number of imidazole rings is 1. The number of imide groups is 1. The molecule has 0 aliphatic carbocycles. The van der Waals surface area contributed by atoms with Crippen molar-refractivity contribution >= 4 is 34.8 Å². The van der Waals surface area contributed by atoms with Crippen LogP contribution < -0.4 is 10.2 Å². The number of nitrogens with one attached hydrogen (secondary N) is 1. The van der Waals surface area contributed by atoms with Gasteiger partial charge in [-0.25, -0.2) is 24.1 Å². The molecule has 5 heterocycles. The molecule has 11 nitrogen and oxygen atoms in total. The molecule has 0 bridgehead atoms. The molecular weight excluding hydrogens is 555 g/mol. The molecule has 1 saturated heterocycles. The summed E-state index contributed by atoms with van der Waals surface area (Å²) in [5, 5.41) is 13.2. The number of aromatic nitrogens is 3. The van der Waals surface area contributed by atoms with Gasteiger partial charge in [0.1, 0.15) is 29.0 Å². The van der Waals surface area contributed by atoms with Crippen molar-refractivity contribution in [3.63, 3.8) is 0 Å². The van der Waals surface area contributed by atoms with Crippen LogP contribution >= 0.6 is 0 Å². The molecule has 43 heavy (non-hydrogen) atoms. The molecule has 2 atom stereocenters. The number of hydrogen-bond acceptors (Lipinski definition) is 9. The number of fused-ring (bicyclic) bond motifs is 2. The Hall–Kier alpha value is -4.55. The second kappa shape index (κ2) is 10.9. The minimum Gasteiger partial charge on any atom is -0.443 e. The van der Waals surface area contributed by atoms with Crippen molar-refractivity contribution in [3.8, 4) is 11.3 Å². The highest BCUT2D eigenvalue weighted by Crippen LogP contribution is 2.39. The van der Waals surface area contributed by atoms with Gasteiger partial charge in [-0.1, -0.05) is 6.07 Å². The van der Waals surface area contributed by atoms with E-state index in [0.717, 1.165) is 10.6 Å². The van der Waals surface area contributed by atoms with Crippen LogP contribution in [0.4, 0.5) is 26.4 Å². The molecular formula is C31H33FN6O5. The molecule has 12 heteroatoms. The Bertz CT molecular complexity index is 1700. The van der Waals surface area contributed by atoms with Gasteiger partial charge in [0, 0.05) is 30.9 Å². The minimum atomic E-state index is -0.789. The van der Waals surface area contributed by atoms with Crippen LogP contribution in [0, 0.1) is 5.82 Å². The number of ether oxygens (including phenoxy) is 2. The Morgan fingerprint density at radius 2 is 2.00 bits per heavy atom. The van der Waals surface area contributed by atoms with E-state index in [2.05, 4.69) is 20.2 Å². The fourth-order valence-electron chi connectivity index (χ4n) is 5.37. The summed E-state index contributed by atoms with van der Waals surface area (Å²) < 4.78 is 26.8. The summed E-state index contributed by atoms with van der Waals surface area (Å²) in [7, 11) is 0. The third-order valence-corrected chi connectivity index (χ3v) is 7.46. The van der Waals surface area contributed by atoms with Gasteiger partial charge < -0.3 is 24.8 Å². The van der Waals surface area contributed by atoms with Crippen molar-refractivity contribution in [1.82, 2.24) is 19.3 Å². The lowest BCUT2D eigenvalue weighted by Crippen LogP contribution is -2.47. The lowest BCUT2D eigenvalue weighted by atomic mass is 9.99. The van der Waals surface area contributed by atoms with Crippen molar-refractivity contribution in [3.05, 3.63) is 71.9 Å². The van der Waals surface area contributed by atoms with Gasteiger partial charge in [-0.05, 0) is 57.5 Å². The van der Waals surface area contributed by atoms with E-state index in [9.17, 15) is 19.1 Å². The van der Waals surface area contributed by atoms with Gasteiger partial charge in [0.15, 0.2) is 0 Å². The van der Waals surface area contributed by atoms with Gasteiger partial charge in [0.25, 0.3) is 5.91 Å². The van der Waals surface area contributed by atoms with Crippen molar-refractivity contribution in [1.29, 1.82) is 0 Å². The van der Waals surface area contributed by atoms with Gasteiger partial charge in [-0.2, -0.15) is 0 Å².